The van der Waals surface area contributed by atoms with Crippen LogP contribution in [0.2, 0.25) is 0 Å². The van der Waals surface area contributed by atoms with Crippen LogP contribution in [0, 0.1) is 17.8 Å². The van der Waals surface area contributed by atoms with Crippen molar-refractivity contribution in [1.29, 1.82) is 0 Å². The molecule has 0 saturated carbocycles. The first-order chi connectivity index (χ1) is 16.5. The molecular weight excluding hydrogens is 446 g/mol. The molecule has 2 N–H and O–H groups in total. The van der Waals surface area contributed by atoms with Gasteiger partial charge in [-0.15, -0.1) is 0 Å². The van der Waals surface area contributed by atoms with Crippen LogP contribution in [0.4, 0.5) is 0 Å². The minimum Gasteiger partial charge on any atom is -0.511 e. The van der Waals surface area contributed by atoms with Gasteiger partial charge in [0.1, 0.15) is 5.76 Å². The fraction of sp³-hybridized carbons (Fsp3) is 0.750. The summed E-state index contributed by atoms with van der Waals surface area (Å²) >= 11 is 1.83. The van der Waals surface area contributed by atoms with Gasteiger partial charge >= 0.3 is 0 Å². The molecule has 0 fully saturated rings. The average Bonchev–Trinajstić information content (AvgIpc) is 2.78. The van der Waals surface area contributed by atoms with Gasteiger partial charge in [-0.3, -0.25) is 0 Å². The molecule has 0 spiro atoms. The maximum absolute atomic E-state index is 9.97. The van der Waals surface area contributed by atoms with Crippen molar-refractivity contribution in [1.82, 2.24) is 5.32 Å². The van der Waals surface area contributed by atoms with Crippen LogP contribution in [0.25, 0.3) is 0 Å². The lowest BCUT2D eigenvalue weighted by Gasteiger charge is -2.20. The highest BCUT2D eigenvalue weighted by Gasteiger charge is 2.12. The average molecular weight is 506 g/mol. The quantitative estimate of drug-likeness (QED) is 0.0822. The van der Waals surface area contributed by atoms with Gasteiger partial charge in [0.2, 0.25) is 0 Å². The van der Waals surface area contributed by atoms with Gasteiger partial charge in [0, 0.05) is 17.2 Å². The summed E-state index contributed by atoms with van der Waals surface area (Å²) in [6, 6.07) is -0.144. The third kappa shape index (κ3) is 20.8. The largest absolute Gasteiger partial charge is 0.511 e. The summed E-state index contributed by atoms with van der Waals surface area (Å²) in [5.41, 5.74) is 3.67. The molecule has 2 nitrogen and oxygen atoms in total. The summed E-state index contributed by atoms with van der Waals surface area (Å²) in [6.45, 7) is 25.8. The van der Waals surface area contributed by atoms with Crippen LogP contribution in [0.1, 0.15) is 119 Å². The van der Waals surface area contributed by atoms with Crippen LogP contribution >= 0.6 is 11.8 Å². The van der Waals surface area contributed by atoms with Gasteiger partial charge in [-0.1, -0.05) is 117 Å². The molecule has 0 aromatic rings. The van der Waals surface area contributed by atoms with E-state index in [1.54, 1.807) is 0 Å². The molecule has 0 amide bonds. The number of aliphatic hydroxyl groups excluding tert-OH is 1. The Morgan fingerprint density at radius 2 is 1.43 bits per heavy atom. The Hall–Kier alpha value is -1.09. The number of hydrogen-bond donors (Lipinski definition) is 2. The standard InChI is InChI=1S/C32H59NOS/c1-10-26(4)20-21-30(8)33-32(31(9)34)24-35-23-22-29(7)19-13-18-28(6)17-12-16-27(5)15-11-14-25(2)3/h22,25,27-28,32-34H,4,8-21,23-24H2,1-3,5-7H3/b29-22+. The second kappa shape index (κ2) is 21.0. The highest BCUT2D eigenvalue weighted by Crippen LogP contribution is 2.22. The molecule has 3 heteroatoms. The highest BCUT2D eigenvalue weighted by molar-refractivity contribution is 7.99. The monoisotopic (exact) mass is 505 g/mol. The van der Waals surface area contributed by atoms with E-state index in [2.05, 4.69) is 72.7 Å². The number of hydrogen-bond acceptors (Lipinski definition) is 3. The van der Waals surface area contributed by atoms with E-state index in [0.717, 1.165) is 54.2 Å². The van der Waals surface area contributed by atoms with E-state index in [1.165, 1.54) is 68.9 Å². The van der Waals surface area contributed by atoms with Crippen molar-refractivity contribution in [2.75, 3.05) is 11.5 Å². The van der Waals surface area contributed by atoms with Crippen molar-refractivity contribution in [3.05, 3.63) is 48.4 Å². The van der Waals surface area contributed by atoms with Gasteiger partial charge in [0.05, 0.1) is 6.04 Å². The number of nitrogens with one attached hydrogen (secondary N) is 1. The highest BCUT2D eigenvalue weighted by atomic mass is 32.2. The fourth-order valence-corrected chi connectivity index (χ4v) is 5.29. The Balaban J connectivity index is 4.01. The molecular formula is C32H59NOS. The Morgan fingerprint density at radius 3 is 1.97 bits per heavy atom. The van der Waals surface area contributed by atoms with Crippen LogP contribution in [0.5, 0.6) is 0 Å². The van der Waals surface area contributed by atoms with Gasteiger partial charge in [-0.25, -0.2) is 0 Å². The first kappa shape index (κ1) is 33.9. The summed E-state index contributed by atoms with van der Waals surface area (Å²) in [7, 11) is 0. The van der Waals surface area contributed by atoms with E-state index in [4.69, 9.17) is 0 Å². The van der Waals surface area contributed by atoms with Crippen molar-refractivity contribution in [2.45, 2.75) is 125 Å². The van der Waals surface area contributed by atoms with Crippen molar-refractivity contribution in [3.8, 4) is 0 Å². The lowest BCUT2D eigenvalue weighted by molar-refractivity contribution is 0.362. The van der Waals surface area contributed by atoms with Crippen molar-refractivity contribution in [3.63, 3.8) is 0 Å². The lowest BCUT2D eigenvalue weighted by Crippen LogP contribution is -2.32. The van der Waals surface area contributed by atoms with Gasteiger partial charge in [-0.05, 0) is 56.8 Å². The molecule has 0 rings (SSSR count). The number of thioether (sulfide) groups is 1. The molecule has 0 aromatic heterocycles. The smallest absolute Gasteiger partial charge is 0.108 e. The molecule has 3 atom stereocenters. The molecule has 0 radical (unpaired) electrons. The van der Waals surface area contributed by atoms with Crippen LogP contribution in [0.3, 0.4) is 0 Å². The summed E-state index contributed by atoms with van der Waals surface area (Å²) in [5, 5.41) is 13.3. The van der Waals surface area contributed by atoms with E-state index in [-0.39, 0.29) is 11.8 Å². The summed E-state index contributed by atoms with van der Waals surface area (Å²) < 4.78 is 0. The topological polar surface area (TPSA) is 32.3 Å². The summed E-state index contributed by atoms with van der Waals surface area (Å²) in [4.78, 5) is 0. The van der Waals surface area contributed by atoms with Crippen LogP contribution < -0.4 is 5.32 Å². The molecule has 3 unspecified atom stereocenters. The third-order valence-corrected chi connectivity index (χ3v) is 8.01. The van der Waals surface area contributed by atoms with Crippen LogP contribution in [-0.2, 0) is 0 Å². The molecule has 35 heavy (non-hydrogen) atoms. The minimum atomic E-state index is -0.144. The van der Waals surface area contributed by atoms with E-state index < -0.39 is 0 Å². The molecule has 0 bridgehead atoms. The second-order valence-corrected chi connectivity index (χ2v) is 12.4. The zero-order valence-electron chi connectivity index (χ0n) is 24.3. The first-order valence-corrected chi connectivity index (χ1v) is 15.4. The van der Waals surface area contributed by atoms with E-state index >= 15 is 0 Å². The lowest BCUT2D eigenvalue weighted by atomic mass is 9.91. The molecule has 0 saturated heterocycles. The molecule has 0 aromatic carbocycles. The maximum atomic E-state index is 9.97. The van der Waals surface area contributed by atoms with Gasteiger partial charge in [0.15, 0.2) is 0 Å². The number of rotatable bonds is 23. The van der Waals surface area contributed by atoms with Crippen LogP contribution in [-0.4, -0.2) is 22.7 Å². The minimum absolute atomic E-state index is 0.144. The summed E-state index contributed by atoms with van der Waals surface area (Å²) in [6.07, 6.45) is 17.3. The Kier molecular flexibility index (Phi) is 20.4. The van der Waals surface area contributed by atoms with Crippen molar-refractivity contribution < 1.29 is 5.11 Å². The third-order valence-electron chi connectivity index (χ3n) is 7.04. The number of aliphatic hydroxyl groups is 1. The first-order valence-electron chi connectivity index (χ1n) is 14.3. The van der Waals surface area contributed by atoms with Gasteiger partial charge in [0.25, 0.3) is 0 Å². The predicted molar refractivity (Wildman–Crippen MR) is 162 cm³/mol. The van der Waals surface area contributed by atoms with Gasteiger partial charge in [-0.2, -0.15) is 11.8 Å². The van der Waals surface area contributed by atoms with E-state index in [0.29, 0.717) is 0 Å². The summed E-state index contributed by atoms with van der Waals surface area (Å²) in [5.74, 6) is 4.53. The molecule has 0 aliphatic carbocycles. The Bertz CT molecular complexity index is 621. The zero-order valence-corrected chi connectivity index (χ0v) is 25.1. The van der Waals surface area contributed by atoms with Crippen molar-refractivity contribution in [2.24, 2.45) is 17.8 Å². The molecule has 0 aliphatic rings. The number of allylic oxidation sites excluding steroid dienone is 3. The zero-order chi connectivity index (χ0) is 26.6. The SMILES string of the molecule is C=C(CC)CCC(=C)NC(CSC/C=C(\C)CCCC(C)CCCC(C)CCCC(C)C)C(=C)O. The van der Waals surface area contributed by atoms with Gasteiger partial charge < -0.3 is 10.4 Å². The predicted octanol–water partition coefficient (Wildman–Crippen LogP) is 10.4. The molecule has 0 aliphatic heterocycles. The Labute approximate surface area is 224 Å². The van der Waals surface area contributed by atoms with Crippen molar-refractivity contribution >= 4 is 11.8 Å². The Morgan fingerprint density at radius 1 is 0.857 bits per heavy atom. The molecule has 0 heterocycles. The van der Waals surface area contributed by atoms with E-state index in [9.17, 15) is 5.11 Å². The maximum Gasteiger partial charge on any atom is 0.108 e. The van der Waals surface area contributed by atoms with E-state index in [1.807, 2.05) is 11.8 Å². The normalized spacial score (nSPS) is 14.5. The van der Waals surface area contributed by atoms with Crippen LogP contribution in [0.15, 0.2) is 48.4 Å². The second-order valence-electron chi connectivity index (χ2n) is 11.3. The molecule has 204 valence electrons. The fourth-order valence-electron chi connectivity index (χ4n) is 4.24.